The minimum Gasteiger partial charge on any atom is -0.478 e. The van der Waals surface area contributed by atoms with Crippen molar-refractivity contribution in [3.8, 4) is 0 Å². The molecule has 0 aliphatic carbocycles. The van der Waals surface area contributed by atoms with E-state index in [0.717, 1.165) is 26.9 Å². The molecule has 0 aliphatic rings. The number of carbonyl (C=O) groups is 1. The lowest BCUT2D eigenvalue weighted by molar-refractivity contribution is -0.131. The maximum Gasteiger partial charge on any atom is 0.328 e. The molecule has 2 rings (SSSR count). The Kier molecular flexibility index (Phi) is 3.06. The van der Waals surface area contributed by atoms with E-state index in [0.29, 0.717) is 0 Å². The highest BCUT2D eigenvalue weighted by atomic mass is 79.9. The van der Waals surface area contributed by atoms with Gasteiger partial charge in [-0.2, -0.15) is 0 Å². The lowest BCUT2D eigenvalue weighted by atomic mass is 10.1. The summed E-state index contributed by atoms with van der Waals surface area (Å²) in [5, 5.41) is 10.8. The van der Waals surface area contributed by atoms with Crippen LogP contribution < -0.4 is 0 Å². The van der Waals surface area contributed by atoms with Gasteiger partial charge in [-0.25, -0.2) is 4.79 Å². The van der Waals surface area contributed by atoms with Crippen molar-refractivity contribution in [3.63, 3.8) is 0 Å². The molecule has 0 bridgehead atoms. The fourth-order valence-corrected chi connectivity index (χ4v) is 2.17. The van der Waals surface area contributed by atoms with Crippen LogP contribution in [0.2, 0.25) is 0 Å². The van der Waals surface area contributed by atoms with E-state index >= 15 is 0 Å². The molecular formula is C13H9BrO2. The number of carboxylic acid groups (broad SMARTS) is 1. The first-order valence-corrected chi connectivity index (χ1v) is 5.56. The summed E-state index contributed by atoms with van der Waals surface area (Å²) in [7, 11) is 0. The fraction of sp³-hybridized carbons (Fsp3) is 0. The van der Waals surface area contributed by atoms with E-state index in [9.17, 15) is 4.79 Å². The second kappa shape index (κ2) is 4.49. The third-order valence-corrected chi connectivity index (χ3v) is 3.18. The smallest absolute Gasteiger partial charge is 0.328 e. The fourth-order valence-electron chi connectivity index (χ4n) is 1.54. The van der Waals surface area contributed by atoms with Gasteiger partial charge in [0.2, 0.25) is 0 Å². The molecule has 0 unspecified atom stereocenters. The first-order valence-electron chi connectivity index (χ1n) is 4.77. The minimum absolute atomic E-state index is 0.862. The summed E-state index contributed by atoms with van der Waals surface area (Å²) in [6.07, 6.45) is 2.72. The number of fused-ring (bicyclic) bond motifs is 1. The van der Waals surface area contributed by atoms with E-state index in [1.54, 1.807) is 6.08 Å². The first-order chi connectivity index (χ1) is 7.68. The van der Waals surface area contributed by atoms with Gasteiger partial charge in [0.25, 0.3) is 0 Å². The highest BCUT2D eigenvalue weighted by Gasteiger charge is 2.02. The van der Waals surface area contributed by atoms with E-state index in [2.05, 4.69) is 15.9 Å². The molecule has 0 aromatic heterocycles. The van der Waals surface area contributed by atoms with E-state index in [1.807, 2.05) is 36.4 Å². The number of hydrogen-bond donors (Lipinski definition) is 1. The van der Waals surface area contributed by atoms with Gasteiger partial charge < -0.3 is 5.11 Å². The van der Waals surface area contributed by atoms with Crippen LogP contribution in [-0.4, -0.2) is 11.1 Å². The average Bonchev–Trinajstić information content (AvgIpc) is 2.28. The Hall–Kier alpha value is -1.61. The Bertz CT molecular complexity index is 573. The Morgan fingerprint density at radius 3 is 2.69 bits per heavy atom. The summed E-state index contributed by atoms with van der Waals surface area (Å²) in [6.45, 7) is 0. The number of hydrogen-bond acceptors (Lipinski definition) is 1. The molecule has 80 valence electrons. The number of aliphatic carboxylic acids is 1. The van der Waals surface area contributed by atoms with Gasteiger partial charge in [0.15, 0.2) is 0 Å². The van der Waals surface area contributed by atoms with Gasteiger partial charge in [0, 0.05) is 10.5 Å². The summed E-state index contributed by atoms with van der Waals surface area (Å²) < 4.78 is 0.920. The van der Waals surface area contributed by atoms with E-state index < -0.39 is 5.97 Å². The van der Waals surface area contributed by atoms with Crippen molar-refractivity contribution in [1.82, 2.24) is 0 Å². The molecule has 2 aromatic rings. The molecule has 2 aromatic carbocycles. The number of rotatable bonds is 2. The zero-order valence-corrected chi connectivity index (χ0v) is 9.94. The molecule has 0 aliphatic heterocycles. The van der Waals surface area contributed by atoms with Crippen LogP contribution in [0.1, 0.15) is 5.56 Å². The van der Waals surface area contributed by atoms with Crippen LogP contribution in [-0.2, 0) is 4.79 Å². The van der Waals surface area contributed by atoms with E-state index in [1.165, 1.54) is 0 Å². The Morgan fingerprint density at radius 1 is 1.19 bits per heavy atom. The molecule has 0 heterocycles. The Labute approximate surface area is 101 Å². The molecule has 1 N–H and O–H groups in total. The second-order valence-electron chi connectivity index (χ2n) is 3.36. The highest BCUT2D eigenvalue weighted by Crippen LogP contribution is 2.28. The van der Waals surface area contributed by atoms with Crippen molar-refractivity contribution >= 4 is 38.7 Å². The van der Waals surface area contributed by atoms with Gasteiger partial charge >= 0.3 is 5.97 Å². The van der Waals surface area contributed by atoms with Crippen LogP contribution in [0.5, 0.6) is 0 Å². The molecule has 0 radical (unpaired) electrons. The predicted octanol–water partition coefficient (Wildman–Crippen LogP) is 3.70. The molecule has 16 heavy (non-hydrogen) atoms. The predicted molar refractivity (Wildman–Crippen MR) is 68.3 cm³/mol. The summed E-state index contributed by atoms with van der Waals surface area (Å²) in [4.78, 5) is 10.4. The number of carboxylic acids is 1. The van der Waals surface area contributed by atoms with Crippen molar-refractivity contribution in [1.29, 1.82) is 0 Å². The van der Waals surface area contributed by atoms with Crippen molar-refractivity contribution < 1.29 is 9.90 Å². The molecule has 0 atom stereocenters. The van der Waals surface area contributed by atoms with Crippen molar-refractivity contribution in [3.05, 3.63) is 52.5 Å². The topological polar surface area (TPSA) is 37.3 Å². The van der Waals surface area contributed by atoms with Crippen LogP contribution in [0, 0.1) is 0 Å². The lowest BCUT2D eigenvalue weighted by Gasteiger charge is -2.03. The third-order valence-electron chi connectivity index (χ3n) is 2.30. The van der Waals surface area contributed by atoms with Gasteiger partial charge in [-0.1, -0.05) is 36.4 Å². The maximum absolute atomic E-state index is 10.4. The monoisotopic (exact) mass is 276 g/mol. The summed E-state index contributed by atoms with van der Waals surface area (Å²) in [5.74, 6) is -0.944. The zero-order chi connectivity index (χ0) is 11.5. The van der Waals surface area contributed by atoms with Gasteiger partial charge in [-0.05, 0) is 38.3 Å². The standard InChI is InChI=1S/C13H9BrO2/c14-13-10(7-8-12(15)16)6-5-9-3-1-2-4-11(9)13/h1-8H,(H,15,16)/b8-7+. The second-order valence-corrected chi connectivity index (χ2v) is 4.15. The summed E-state index contributed by atoms with van der Waals surface area (Å²) in [5.41, 5.74) is 0.862. The van der Waals surface area contributed by atoms with Crippen molar-refractivity contribution in [2.45, 2.75) is 0 Å². The van der Waals surface area contributed by atoms with Crippen molar-refractivity contribution in [2.75, 3.05) is 0 Å². The normalized spacial score (nSPS) is 11.1. The van der Waals surface area contributed by atoms with Crippen LogP contribution in [0.25, 0.3) is 16.8 Å². The average molecular weight is 277 g/mol. The van der Waals surface area contributed by atoms with Gasteiger partial charge in [0.05, 0.1) is 0 Å². The molecule has 2 nitrogen and oxygen atoms in total. The van der Waals surface area contributed by atoms with Crippen LogP contribution in [0.15, 0.2) is 46.9 Å². The zero-order valence-electron chi connectivity index (χ0n) is 8.35. The van der Waals surface area contributed by atoms with Gasteiger partial charge in [-0.3, -0.25) is 0 Å². The lowest BCUT2D eigenvalue weighted by Crippen LogP contribution is -1.86. The van der Waals surface area contributed by atoms with Crippen molar-refractivity contribution in [2.24, 2.45) is 0 Å². The SMILES string of the molecule is O=C(O)/C=C/c1ccc2ccccc2c1Br. The quantitative estimate of drug-likeness (QED) is 0.850. The van der Waals surface area contributed by atoms with Crippen LogP contribution in [0.4, 0.5) is 0 Å². The Morgan fingerprint density at radius 2 is 1.94 bits per heavy atom. The molecule has 3 heteroatoms. The molecule has 0 fully saturated rings. The first kappa shape index (κ1) is 10.9. The van der Waals surface area contributed by atoms with E-state index in [-0.39, 0.29) is 0 Å². The number of benzene rings is 2. The Balaban J connectivity index is 2.56. The van der Waals surface area contributed by atoms with Crippen LogP contribution in [0.3, 0.4) is 0 Å². The molecular weight excluding hydrogens is 268 g/mol. The van der Waals surface area contributed by atoms with E-state index in [4.69, 9.17) is 5.11 Å². The third kappa shape index (κ3) is 2.14. The molecule has 0 amide bonds. The minimum atomic E-state index is -0.944. The molecule has 0 spiro atoms. The summed E-state index contributed by atoms with van der Waals surface area (Å²) >= 11 is 3.49. The molecule has 0 saturated heterocycles. The summed E-state index contributed by atoms with van der Waals surface area (Å²) in [6, 6.07) is 11.8. The van der Waals surface area contributed by atoms with Crippen LogP contribution >= 0.6 is 15.9 Å². The van der Waals surface area contributed by atoms with Gasteiger partial charge in [0.1, 0.15) is 0 Å². The molecule has 0 saturated carbocycles. The maximum atomic E-state index is 10.4. The number of halogens is 1. The highest BCUT2D eigenvalue weighted by molar-refractivity contribution is 9.10. The van der Waals surface area contributed by atoms with Gasteiger partial charge in [-0.15, -0.1) is 0 Å². The largest absolute Gasteiger partial charge is 0.478 e.